The molecule has 2 saturated heterocycles. The zero-order chi connectivity index (χ0) is 22.2. The number of benzene rings is 2. The van der Waals surface area contributed by atoms with E-state index >= 15 is 0 Å². The first-order valence-electron chi connectivity index (χ1n) is 11.2. The van der Waals surface area contributed by atoms with E-state index in [1.165, 1.54) is 24.2 Å². The molecule has 0 aliphatic carbocycles. The van der Waals surface area contributed by atoms with E-state index in [-0.39, 0.29) is 30.6 Å². The predicted molar refractivity (Wildman–Crippen MR) is 118 cm³/mol. The monoisotopic (exact) mass is 431 g/mol. The van der Waals surface area contributed by atoms with Crippen LogP contribution in [0.3, 0.4) is 0 Å². The number of imide groups is 1. The molecule has 2 aromatic rings. The zero-order valence-corrected chi connectivity index (χ0v) is 17.8. The molecule has 2 fully saturated rings. The molecule has 3 amide bonds. The molecular formula is C25H25N3O4. The predicted octanol–water partition coefficient (Wildman–Crippen LogP) is 2.67. The quantitative estimate of drug-likeness (QED) is 0.594. The highest BCUT2D eigenvalue weighted by Gasteiger charge is 2.39. The van der Waals surface area contributed by atoms with Crippen LogP contribution in [0.5, 0.6) is 0 Å². The van der Waals surface area contributed by atoms with Gasteiger partial charge in [-0.15, -0.1) is 0 Å². The fourth-order valence-electron chi connectivity index (χ4n) is 4.86. The van der Waals surface area contributed by atoms with Crippen LogP contribution >= 0.6 is 0 Å². The molecule has 1 atom stereocenters. The van der Waals surface area contributed by atoms with Crippen molar-refractivity contribution in [1.29, 1.82) is 0 Å². The Balaban J connectivity index is 1.33. The number of nitrogens with one attached hydrogen (secondary N) is 1. The highest BCUT2D eigenvalue weighted by atomic mass is 16.2. The van der Waals surface area contributed by atoms with Gasteiger partial charge in [0, 0.05) is 48.4 Å². The molecule has 1 unspecified atom stereocenters. The van der Waals surface area contributed by atoms with Crippen molar-refractivity contribution in [2.45, 2.75) is 44.7 Å². The molecule has 0 aromatic heterocycles. The van der Waals surface area contributed by atoms with Crippen LogP contribution in [0.2, 0.25) is 0 Å². The Bertz CT molecular complexity index is 1100. The lowest BCUT2D eigenvalue weighted by Gasteiger charge is -2.29. The van der Waals surface area contributed by atoms with Gasteiger partial charge in [0.15, 0.2) is 5.78 Å². The van der Waals surface area contributed by atoms with E-state index in [2.05, 4.69) is 10.2 Å². The summed E-state index contributed by atoms with van der Waals surface area (Å²) < 4.78 is 0. The molecule has 5 rings (SSSR count). The van der Waals surface area contributed by atoms with Crippen molar-refractivity contribution >= 4 is 29.2 Å². The van der Waals surface area contributed by atoms with Crippen molar-refractivity contribution in [2.24, 2.45) is 0 Å². The van der Waals surface area contributed by atoms with Gasteiger partial charge in [-0.05, 0) is 67.6 Å². The molecule has 164 valence electrons. The SMILES string of the molecule is O=C1CCC(N2Cc3cc(C(=O)c4ccc(N5CCCCC5)cc4)ccc3C2=O)C(=O)N1. The molecule has 32 heavy (non-hydrogen) atoms. The molecule has 1 N–H and O–H groups in total. The number of piperidine rings is 2. The molecule has 2 aromatic carbocycles. The van der Waals surface area contributed by atoms with Crippen molar-refractivity contribution < 1.29 is 19.2 Å². The number of nitrogens with zero attached hydrogens (tertiary/aromatic N) is 2. The summed E-state index contributed by atoms with van der Waals surface area (Å²) in [4.78, 5) is 53.4. The van der Waals surface area contributed by atoms with Crippen molar-refractivity contribution in [3.8, 4) is 0 Å². The first-order valence-corrected chi connectivity index (χ1v) is 11.2. The first kappa shape index (κ1) is 20.4. The van der Waals surface area contributed by atoms with Crippen LogP contribution in [0.25, 0.3) is 0 Å². The van der Waals surface area contributed by atoms with E-state index in [4.69, 9.17) is 0 Å². The fraction of sp³-hybridized carbons (Fsp3) is 0.360. The van der Waals surface area contributed by atoms with E-state index in [1.54, 1.807) is 18.2 Å². The molecule has 0 bridgehead atoms. The topological polar surface area (TPSA) is 86.8 Å². The van der Waals surface area contributed by atoms with Gasteiger partial charge < -0.3 is 9.80 Å². The number of carbonyl (C=O) groups excluding carboxylic acids is 4. The fourth-order valence-corrected chi connectivity index (χ4v) is 4.86. The molecule has 0 saturated carbocycles. The van der Waals surface area contributed by atoms with E-state index in [0.717, 1.165) is 24.3 Å². The highest BCUT2D eigenvalue weighted by Crippen LogP contribution is 2.29. The molecule has 3 aliphatic heterocycles. The van der Waals surface area contributed by atoms with Crippen LogP contribution < -0.4 is 10.2 Å². The summed E-state index contributed by atoms with van der Waals surface area (Å²) >= 11 is 0. The number of anilines is 1. The van der Waals surface area contributed by atoms with Crippen LogP contribution in [0.15, 0.2) is 42.5 Å². The van der Waals surface area contributed by atoms with Gasteiger partial charge in [-0.1, -0.05) is 6.07 Å². The number of amides is 3. The standard InChI is InChI=1S/C25H25N3O4/c29-22-11-10-21(24(31)26-22)28-15-18-14-17(6-9-20(18)25(28)32)23(30)16-4-7-19(8-5-16)27-12-2-1-3-13-27/h4-9,14,21H,1-3,10-13,15H2,(H,26,29,31). The van der Waals surface area contributed by atoms with Gasteiger partial charge >= 0.3 is 0 Å². The summed E-state index contributed by atoms with van der Waals surface area (Å²) in [5.41, 5.74) is 3.51. The molecule has 3 aliphatic rings. The minimum atomic E-state index is -0.658. The third kappa shape index (κ3) is 3.68. The Morgan fingerprint density at radius 2 is 1.62 bits per heavy atom. The number of hydrogen-bond acceptors (Lipinski definition) is 5. The minimum Gasteiger partial charge on any atom is -0.372 e. The van der Waals surface area contributed by atoms with Gasteiger partial charge in [-0.2, -0.15) is 0 Å². The average molecular weight is 431 g/mol. The molecular weight excluding hydrogens is 406 g/mol. The Hall–Kier alpha value is -3.48. The van der Waals surface area contributed by atoms with Crippen molar-refractivity contribution in [3.63, 3.8) is 0 Å². The lowest BCUT2D eigenvalue weighted by Crippen LogP contribution is -2.52. The normalized spacial score (nSPS) is 20.9. The third-order valence-electron chi connectivity index (χ3n) is 6.64. The van der Waals surface area contributed by atoms with Crippen LogP contribution in [0.1, 0.15) is 63.9 Å². The lowest BCUT2D eigenvalue weighted by molar-refractivity contribution is -0.136. The second kappa shape index (κ2) is 8.22. The van der Waals surface area contributed by atoms with Crippen LogP contribution in [0, 0.1) is 0 Å². The first-order chi connectivity index (χ1) is 15.5. The third-order valence-corrected chi connectivity index (χ3v) is 6.64. The van der Waals surface area contributed by atoms with Crippen molar-refractivity contribution in [1.82, 2.24) is 10.2 Å². The maximum Gasteiger partial charge on any atom is 0.255 e. The Labute approximate surface area is 186 Å². The summed E-state index contributed by atoms with van der Waals surface area (Å²) in [5.74, 6) is -1.08. The summed E-state index contributed by atoms with van der Waals surface area (Å²) in [6, 6.07) is 12.2. The lowest BCUT2D eigenvalue weighted by atomic mass is 9.99. The number of ketones is 1. The van der Waals surface area contributed by atoms with Gasteiger partial charge in [-0.25, -0.2) is 0 Å². The van der Waals surface area contributed by atoms with Crippen LogP contribution in [-0.2, 0) is 16.1 Å². The summed E-state index contributed by atoms with van der Waals surface area (Å²) in [6.45, 7) is 2.36. The smallest absolute Gasteiger partial charge is 0.255 e. The summed E-state index contributed by atoms with van der Waals surface area (Å²) in [6.07, 6.45) is 4.21. The van der Waals surface area contributed by atoms with Gasteiger partial charge in [0.25, 0.3) is 5.91 Å². The van der Waals surface area contributed by atoms with Crippen molar-refractivity contribution in [2.75, 3.05) is 18.0 Å². The molecule has 7 heteroatoms. The molecule has 0 radical (unpaired) electrons. The van der Waals surface area contributed by atoms with Crippen LogP contribution in [0.4, 0.5) is 5.69 Å². The van der Waals surface area contributed by atoms with E-state index in [0.29, 0.717) is 23.1 Å². The Morgan fingerprint density at radius 1 is 0.906 bits per heavy atom. The van der Waals surface area contributed by atoms with E-state index < -0.39 is 11.9 Å². The van der Waals surface area contributed by atoms with Crippen molar-refractivity contribution in [3.05, 3.63) is 64.7 Å². The van der Waals surface area contributed by atoms with Gasteiger partial charge in [0.1, 0.15) is 6.04 Å². The summed E-state index contributed by atoms with van der Waals surface area (Å²) in [7, 11) is 0. The number of fused-ring (bicyclic) bond motifs is 1. The van der Waals surface area contributed by atoms with E-state index in [1.807, 2.05) is 24.3 Å². The molecule has 0 spiro atoms. The maximum absolute atomic E-state index is 13.1. The number of hydrogen-bond donors (Lipinski definition) is 1. The largest absolute Gasteiger partial charge is 0.372 e. The number of carbonyl (C=O) groups is 4. The molecule has 3 heterocycles. The Kier molecular flexibility index (Phi) is 5.25. The summed E-state index contributed by atoms with van der Waals surface area (Å²) in [5, 5.41) is 2.30. The van der Waals surface area contributed by atoms with Gasteiger partial charge in [0.05, 0.1) is 0 Å². The average Bonchev–Trinajstić information content (AvgIpc) is 3.15. The van der Waals surface area contributed by atoms with Crippen LogP contribution in [-0.4, -0.2) is 47.5 Å². The van der Waals surface area contributed by atoms with Gasteiger partial charge in [-0.3, -0.25) is 24.5 Å². The minimum absolute atomic E-state index is 0.0927. The van der Waals surface area contributed by atoms with E-state index in [9.17, 15) is 19.2 Å². The highest BCUT2D eigenvalue weighted by molar-refractivity contribution is 6.10. The second-order valence-electron chi connectivity index (χ2n) is 8.70. The second-order valence-corrected chi connectivity index (χ2v) is 8.70. The number of rotatable bonds is 4. The molecule has 7 nitrogen and oxygen atoms in total. The Morgan fingerprint density at radius 3 is 2.34 bits per heavy atom. The maximum atomic E-state index is 13.1. The zero-order valence-electron chi connectivity index (χ0n) is 17.8. The van der Waals surface area contributed by atoms with Gasteiger partial charge in [0.2, 0.25) is 11.8 Å².